The van der Waals surface area contributed by atoms with Crippen molar-refractivity contribution >= 4 is 34.9 Å². The zero-order chi connectivity index (χ0) is 24.6. The number of anilines is 1. The van der Waals surface area contributed by atoms with Gasteiger partial charge >= 0.3 is 0 Å². The van der Waals surface area contributed by atoms with Crippen LogP contribution in [0.1, 0.15) is 31.0 Å². The first kappa shape index (κ1) is 25.0. The van der Waals surface area contributed by atoms with Crippen LogP contribution in [0.5, 0.6) is 0 Å². The first-order valence-electron chi connectivity index (χ1n) is 11.0. The first-order chi connectivity index (χ1) is 16.3. The van der Waals surface area contributed by atoms with Crippen LogP contribution in [0.3, 0.4) is 0 Å². The zero-order valence-electron chi connectivity index (χ0n) is 19.4. The molecule has 1 aromatic carbocycles. The number of hydrogen-bond donors (Lipinski definition) is 1. The fraction of sp³-hybridized carbons (Fsp3) is 0.320. The van der Waals surface area contributed by atoms with E-state index in [1.54, 1.807) is 36.0 Å². The summed E-state index contributed by atoms with van der Waals surface area (Å²) in [4.78, 5) is 50.2. The summed E-state index contributed by atoms with van der Waals surface area (Å²) >= 11 is 1.32. The number of carbonyl (C=O) groups is 3. The Kier molecular flexibility index (Phi) is 8.48. The van der Waals surface area contributed by atoms with Crippen molar-refractivity contribution in [1.82, 2.24) is 14.9 Å². The number of pyridine rings is 1. The van der Waals surface area contributed by atoms with Crippen LogP contribution in [0, 0.1) is 0 Å². The molecule has 3 aromatic rings. The lowest BCUT2D eigenvalue weighted by Crippen LogP contribution is -2.59. The Morgan fingerprint density at radius 1 is 1.00 bits per heavy atom. The van der Waals surface area contributed by atoms with E-state index in [0.29, 0.717) is 18.8 Å². The third-order valence-electron chi connectivity index (χ3n) is 5.72. The molecule has 1 atom stereocenters. The van der Waals surface area contributed by atoms with Crippen molar-refractivity contribution in [3.63, 3.8) is 0 Å². The maximum atomic E-state index is 13.4. The van der Waals surface area contributed by atoms with E-state index in [1.165, 1.54) is 16.2 Å². The molecule has 0 spiro atoms. The lowest BCUT2D eigenvalue weighted by molar-refractivity contribution is -0.132. The number of likely N-dealkylation sites (N-methyl/N-ethyl adjacent to an activating group) is 1. The zero-order valence-corrected chi connectivity index (χ0v) is 20.2. The van der Waals surface area contributed by atoms with Gasteiger partial charge in [-0.1, -0.05) is 36.4 Å². The van der Waals surface area contributed by atoms with Gasteiger partial charge in [-0.2, -0.15) is 0 Å². The normalized spacial score (nSPS) is 12.5. The lowest BCUT2D eigenvalue weighted by Gasteiger charge is -2.38. The van der Waals surface area contributed by atoms with Crippen LogP contribution in [0.25, 0.3) is 0 Å². The minimum Gasteiger partial charge on any atom is -0.368 e. The molecule has 178 valence electrons. The highest BCUT2D eigenvalue weighted by Crippen LogP contribution is 2.29. The molecule has 3 rings (SSSR count). The van der Waals surface area contributed by atoms with Crippen LogP contribution in [0.4, 0.5) is 5.82 Å². The number of nitrogens with zero attached hydrogens (tertiary/aromatic N) is 4. The number of amides is 3. The second-order valence-corrected chi connectivity index (χ2v) is 8.98. The van der Waals surface area contributed by atoms with Gasteiger partial charge in [0.15, 0.2) is 0 Å². The molecule has 2 heterocycles. The molecule has 0 aliphatic rings. The molecule has 0 unspecified atom stereocenters. The lowest BCUT2D eigenvalue weighted by atomic mass is 9.89. The molecular formula is C25H29N5O3S. The predicted octanol–water partition coefficient (Wildman–Crippen LogP) is 2.84. The highest BCUT2D eigenvalue weighted by Gasteiger charge is 2.42. The number of hydrogen-bond acceptors (Lipinski definition) is 6. The first-order valence-corrected chi connectivity index (χ1v) is 11.9. The number of rotatable bonds is 11. The Hall–Kier alpha value is -3.59. The molecule has 0 saturated carbocycles. The van der Waals surface area contributed by atoms with Crippen LogP contribution in [-0.4, -0.2) is 51.7 Å². The topological polar surface area (TPSA) is 109 Å². The van der Waals surface area contributed by atoms with Crippen LogP contribution in [-0.2, 0) is 27.2 Å². The van der Waals surface area contributed by atoms with Gasteiger partial charge in [-0.15, -0.1) is 11.3 Å². The van der Waals surface area contributed by atoms with E-state index in [0.717, 1.165) is 11.3 Å². The van der Waals surface area contributed by atoms with Crippen LogP contribution >= 0.6 is 11.3 Å². The Morgan fingerprint density at radius 2 is 1.71 bits per heavy atom. The standard InChI is InChI=1S/C25H29N5O3S/c1-25(24(26)33,16-19-8-4-3-5-9-19)30(21-17-34-18-28-21)23(32)12-11-22(31)29(2)15-13-20-10-6-7-14-27-20/h3-10,14,17-18H,11-13,15-16H2,1-2H3,(H2,26,33)/t25-/m1/s1. The van der Waals surface area contributed by atoms with Crippen molar-refractivity contribution in [3.05, 3.63) is 76.9 Å². The predicted molar refractivity (Wildman–Crippen MR) is 132 cm³/mol. The summed E-state index contributed by atoms with van der Waals surface area (Å²) in [6.07, 6.45) is 2.51. The van der Waals surface area contributed by atoms with Gasteiger partial charge in [0.2, 0.25) is 17.7 Å². The Morgan fingerprint density at radius 3 is 2.32 bits per heavy atom. The number of benzene rings is 1. The molecule has 8 nitrogen and oxygen atoms in total. The number of carbonyl (C=O) groups excluding carboxylic acids is 3. The van der Waals surface area contributed by atoms with Crippen molar-refractivity contribution in [2.45, 2.75) is 38.1 Å². The van der Waals surface area contributed by atoms with Crippen molar-refractivity contribution in [2.24, 2.45) is 5.73 Å². The largest absolute Gasteiger partial charge is 0.368 e. The number of primary amides is 1. The van der Waals surface area contributed by atoms with Crippen molar-refractivity contribution in [1.29, 1.82) is 0 Å². The van der Waals surface area contributed by atoms with E-state index < -0.39 is 11.4 Å². The van der Waals surface area contributed by atoms with Crippen LogP contribution in [0.2, 0.25) is 0 Å². The van der Waals surface area contributed by atoms with Crippen molar-refractivity contribution in [3.8, 4) is 0 Å². The molecule has 34 heavy (non-hydrogen) atoms. The summed E-state index contributed by atoms with van der Waals surface area (Å²) in [5.41, 5.74) is 7.83. The monoisotopic (exact) mass is 479 g/mol. The summed E-state index contributed by atoms with van der Waals surface area (Å²) in [6, 6.07) is 15.0. The smallest absolute Gasteiger partial charge is 0.243 e. The van der Waals surface area contributed by atoms with E-state index in [1.807, 2.05) is 48.5 Å². The van der Waals surface area contributed by atoms with Crippen molar-refractivity contribution in [2.75, 3.05) is 18.5 Å². The third kappa shape index (κ3) is 6.26. The summed E-state index contributed by atoms with van der Waals surface area (Å²) in [5, 5.41) is 1.70. The van der Waals surface area contributed by atoms with E-state index in [2.05, 4.69) is 9.97 Å². The fourth-order valence-electron chi connectivity index (χ4n) is 3.71. The minimum absolute atomic E-state index is 0.0123. The number of aromatic nitrogens is 2. The van der Waals surface area contributed by atoms with E-state index >= 15 is 0 Å². The molecule has 2 N–H and O–H groups in total. The van der Waals surface area contributed by atoms with Gasteiger partial charge in [-0.05, 0) is 24.6 Å². The summed E-state index contributed by atoms with van der Waals surface area (Å²) in [6.45, 7) is 2.13. The summed E-state index contributed by atoms with van der Waals surface area (Å²) in [7, 11) is 1.71. The van der Waals surface area contributed by atoms with Gasteiger partial charge in [0.05, 0.1) is 5.51 Å². The number of nitrogens with two attached hydrogens (primary N) is 1. The summed E-state index contributed by atoms with van der Waals surface area (Å²) in [5.74, 6) is -0.833. The second kappa shape index (κ2) is 11.5. The molecular weight excluding hydrogens is 450 g/mol. The van der Waals surface area contributed by atoms with Gasteiger partial charge in [-0.3, -0.25) is 24.3 Å². The average molecular weight is 480 g/mol. The van der Waals surface area contributed by atoms with Gasteiger partial charge in [0.1, 0.15) is 11.4 Å². The number of thiazole rings is 1. The molecule has 0 bridgehead atoms. The molecule has 0 saturated heterocycles. The molecule has 9 heteroatoms. The van der Waals surface area contributed by atoms with Crippen molar-refractivity contribution < 1.29 is 14.4 Å². The SMILES string of the molecule is CN(CCc1ccccn1)C(=O)CCC(=O)N(c1cscn1)[C@](C)(Cc1ccccc1)C(N)=O. The van der Waals surface area contributed by atoms with E-state index in [-0.39, 0.29) is 31.1 Å². The Balaban J connectivity index is 1.71. The maximum Gasteiger partial charge on any atom is 0.243 e. The van der Waals surface area contributed by atoms with Gasteiger partial charge < -0.3 is 10.6 Å². The molecule has 2 aromatic heterocycles. The quantitative estimate of drug-likeness (QED) is 0.455. The molecule has 0 aliphatic carbocycles. The molecule has 0 radical (unpaired) electrons. The maximum absolute atomic E-state index is 13.4. The molecule has 3 amide bonds. The van der Waals surface area contributed by atoms with Gasteiger partial charge in [0, 0.05) is 56.5 Å². The highest BCUT2D eigenvalue weighted by molar-refractivity contribution is 7.07. The fourth-order valence-corrected chi connectivity index (χ4v) is 4.23. The van der Waals surface area contributed by atoms with E-state index in [9.17, 15) is 14.4 Å². The minimum atomic E-state index is -1.35. The highest BCUT2D eigenvalue weighted by atomic mass is 32.1. The second-order valence-electron chi connectivity index (χ2n) is 8.26. The van der Waals surface area contributed by atoms with Crippen LogP contribution < -0.4 is 10.6 Å². The Labute approximate surface area is 203 Å². The van der Waals surface area contributed by atoms with Crippen LogP contribution in [0.15, 0.2) is 65.6 Å². The third-order valence-corrected chi connectivity index (χ3v) is 6.30. The average Bonchev–Trinajstić information content (AvgIpc) is 3.36. The molecule has 0 fully saturated rings. The van der Waals surface area contributed by atoms with Gasteiger partial charge in [-0.25, -0.2) is 4.98 Å². The van der Waals surface area contributed by atoms with E-state index in [4.69, 9.17) is 5.73 Å². The summed E-state index contributed by atoms with van der Waals surface area (Å²) < 4.78 is 0. The Bertz CT molecular complexity index is 1090. The van der Waals surface area contributed by atoms with Gasteiger partial charge in [0.25, 0.3) is 0 Å². The molecule has 0 aliphatic heterocycles.